The highest BCUT2D eigenvalue weighted by Gasteiger charge is 2.44. The lowest BCUT2D eigenvalue weighted by Crippen LogP contribution is -2.49. The molecular formula is C26H23F2N3O4S. The zero-order valence-electron chi connectivity index (χ0n) is 19.2. The number of thioether (sulfide) groups is 1. The van der Waals surface area contributed by atoms with Gasteiger partial charge in [-0.05, 0) is 48.7 Å². The Bertz CT molecular complexity index is 1260. The number of fused-ring (bicyclic) bond motifs is 2. The summed E-state index contributed by atoms with van der Waals surface area (Å²) in [6.45, 7) is 0. The highest BCUT2D eigenvalue weighted by molar-refractivity contribution is 7.98. The predicted octanol–water partition coefficient (Wildman–Crippen LogP) is 5.77. The van der Waals surface area contributed by atoms with E-state index in [0.29, 0.717) is 29.2 Å². The molecule has 3 heterocycles. The monoisotopic (exact) mass is 511 g/mol. The van der Waals surface area contributed by atoms with Gasteiger partial charge in [-0.2, -0.15) is 0 Å². The summed E-state index contributed by atoms with van der Waals surface area (Å²) in [4.78, 5) is 29.6. The second-order valence-electron chi connectivity index (χ2n) is 8.98. The van der Waals surface area contributed by atoms with Gasteiger partial charge in [0.2, 0.25) is 0 Å². The molecule has 0 aliphatic carbocycles. The van der Waals surface area contributed by atoms with Gasteiger partial charge in [-0.25, -0.2) is 13.8 Å². The first-order valence-corrected chi connectivity index (χ1v) is 12.6. The lowest BCUT2D eigenvalue weighted by atomic mass is 9.98. The molecule has 1 amide bonds. The summed E-state index contributed by atoms with van der Waals surface area (Å²) >= 11 is 1.46. The SMILES string of the molecule is O=C(c1ccc(CSc2ccc([N+](=O)[O-])cn2)cc1)N1[C@H]2CC[C@H]1CC(Oc1ccc(F)cc1F)C2. The summed E-state index contributed by atoms with van der Waals surface area (Å²) in [5.41, 5.74) is 1.57. The normalized spacial score (nSPS) is 20.8. The van der Waals surface area contributed by atoms with Gasteiger partial charge in [0, 0.05) is 48.4 Å². The average Bonchev–Trinajstić information content (AvgIpc) is 3.14. The highest BCUT2D eigenvalue weighted by Crippen LogP contribution is 2.38. The van der Waals surface area contributed by atoms with Crippen molar-refractivity contribution in [3.8, 4) is 5.75 Å². The fraction of sp³-hybridized carbons (Fsp3) is 0.308. The summed E-state index contributed by atoms with van der Waals surface area (Å²) in [6, 6.07) is 13.8. The second-order valence-corrected chi connectivity index (χ2v) is 9.98. The van der Waals surface area contributed by atoms with E-state index in [1.165, 1.54) is 36.2 Å². The fourth-order valence-corrected chi connectivity index (χ4v) is 5.72. The summed E-state index contributed by atoms with van der Waals surface area (Å²) in [7, 11) is 0. The maximum Gasteiger partial charge on any atom is 0.287 e. The Labute approximate surface area is 210 Å². The van der Waals surface area contributed by atoms with E-state index in [1.54, 1.807) is 6.07 Å². The molecule has 2 bridgehead atoms. The molecular weight excluding hydrogens is 488 g/mol. The van der Waals surface area contributed by atoms with Crippen LogP contribution in [0, 0.1) is 21.7 Å². The van der Waals surface area contributed by atoms with Crippen LogP contribution in [0.15, 0.2) is 65.8 Å². The Morgan fingerprint density at radius 1 is 1.08 bits per heavy atom. The number of ether oxygens (including phenoxy) is 1. The second kappa shape index (κ2) is 10.2. The van der Waals surface area contributed by atoms with Crippen molar-refractivity contribution in [2.24, 2.45) is 0 Å². The van der Waals surface area contributed by atoms with Crippen molar-refractivity contribution in [2.75, 3.05) is 0 Å². The van der Waals surface area contributed by atoms with Crippen molar-refractivity contribution in [3.05, 3.63) is 93.7 Å². The lowest BCUT2D eigenvalue weighted by Gasteiger charge is -2.39. The fourth-order valence-electron chi connectivity index (χ4n) is 4.92. The number of pyridine rings is 1. The quantitative estimate of drug-likeness (QED) is 0.227. The minimum absolute atomic E-state index is 0.0215. The molecule has 0 unspecified atom stereocenters. The van der Waals surface area contributed by atoms with Crippen molar-refractivity contribution < 1.29 is 23.2 Å². The van der Waals surface area contributed by atoms with E-state index >= 15 is 0 Å². The minimum Gasteiger partial charge on any atom is -0.487 e. The van der Waals surface area contributed by atoms with Crippen LogP contribution in [0.3, 0.4) is 0 Å². The molecule has 2 aliphatic rings. The van der Waals surface area contributed by atoms with Crippen LogP contribution in [0.2, 0.25) is 0 Å². The number of rotatable bonds is 7. The van der Waals surface area contributed by atoms with Gasteiger partial charge in [0.25, 0.3) is 11.6 Å². The molecule has 2 atom stereocenters. The Morgan fingerprint density at radius 2 is 1.81 bits per heavy atom. The van der Waals surface area contributed by atoms with E-state index < -0.39 is 16.6 Å². The van der Waals surface area contributed by atoms with E-state index in [9.17, 15) is 23.7 Å². The Kier molecular flexibility index (Phi) is 6.86. The van der Waals surface area contributed by atoms with Gasteiger partial charge < -0.3 is 9.64 Å². The van der Waals surface area contributed by atoms with E-state index in [-0.39, 0.29) is 35.5 Å². The van der Waals surface area contributed by atoms with Crippen LogP contribution >= 0.6 is 11.8 Å². The largest absolute Gasteiger partial charge is 0.487 e. The molecule has 2 fully saturated rings. The number of carbonyl (C=O) groups excluding carboxylic acids is 1. The molecule has 186 valence electrons. The number of nitro groups is 1. The first-order valence-electron chi connectivity index (χ1n) is 11.6. The molecule has 0 spiro atoms. The van der Waals surface area contributed by atoms with Crippen LogP contribution in [0.25, 0.3) is 0 Å². The molecule has 2 aliphatic heterocycles. The lowest BCUT2D eigenvalue weighted by molar-refractivity contribution is -0.385. The molecule has 0 saturated carbocycles. The first-order chi connectivity index (χ1) is 17.4. The van der Waals surface area contributed by atoms with Crippen LogP contribution < -0.4 is 4.74 Å². The van der Waals surface area contributed by atoms with Crippen LogP contribution in [0.4, 0.5) is 14.5 Å². The van der Waals surface area contributed by atoms with Gasteiger partial charge in [-0.3, -0.25) is 14.9 Å². The van der Waals surface area contributed by atoms with Crippen molar-refractivity contribution in [1.82, 2.24) is 9.88 Å². The number of amides is 1. The van der Waals surface area contributed by atoms with Gasteiger partial charge in [-0.1, -0.05) is 12.1 Å². The average molecular weight is 512 g/mol. The minimum atomic E-state index is -0.719. The molecule has 2 aromatic carbocycles. The number of halogens is 2. The third kappa shape index (κ3) is 5.18. The Balaban J connectivity index is 1.18. The van der Waals surface area contributed by atoms with Crippen molar-refractivity contribution in [3.63, 3.8) is 0 Å². The van der Waals surface area contributed by atoms with E-state index in [1.807, 2.05) is 29.2 Å². The molecule has 3 aromatic rings. The molecule has 5 rings (SSSR count). The van der Waals surface area contributed by atoms with Gasteiger partial charge in [-0.15, -0.1) is 11.8 Å². The number of nitrogens with zero attached hydrogens (tertiary/aromatic N) is 3. The first kappa shape index (κ1) is 24.2. The summed E-state index contributed by atoms with van der Waals surface area (Å²) in [5.74, 6) is -0.729. The number of carbonyl (C=O) groups is 1. The van der Waals surface area contributed by atoms with Crippen LogP contribution in [0.5, 0.6) is 5.75 Å². The number of hydrogen-bond acceptors (Lipinski definition) is 6. The van der Waals surface area contributed by atoms with Crippen molar-refractivity contribution >= 4 is 23.4 Å². The molecule has 0 radical (unpaired) electrons. The molecule has 0 N–H and O–H groups in total. The zero-order valence-corrected chi connectivity index (χ0v) is 20.0. The third-order valence-corrected chi connectivity index (χ3v) is 7.65. The standard InChI is InChI=1S/C26H23F2N3O4S/c27-18-5-9-24(23(28)11-18)35-22-12-19-6-7-20(13-22)30(19)26(32)17-3-1-16(2-4-17)15-36-25-10-8-21(14-29-25)31(33)34/h1-5,8-11,14,19-20,22H,6-7,12-13,15H2/t19-,20-/m0/s1. The summed E-state index contributed by atoms with van der Waals surface area (Å²) < 4.78 is 33.0. The maximum absolute atomic E-state index is 14.0. The van der Waals surface area contributed by atoms with Gasteiger partial charge in [0.05, 0.1) is 9.95 Å². The zero-order chi connectivity index (χ0) is 25.2. The van der Waals surface area contributed by atoms with Gasteiger partial charge in [0.1, 0.15) is 18.1 Å². The van der Waals surface area contributed by atoms with Crippen LogP contribution in [-0.4, -0.2) is 38.9 Å². The Morgan fingerprint density at radius 3 is 2.42 bits per heavy atom. The third-order valence-electron chi connectivity index (χ3n) is 6.63. The van der Waals surface area contributed by atoms with Crippen molar-refractivity contribution in [1.29, 1.82) is 0 Å². The molecule has 7 nitrogen and oxygen atoms in total. The number of benzene rings is 2. The topological polar surface area (TPSA) is 85.6 Å². The highest BCUT2D eigenvalue weighted by atomic mass is 32.2. The predicted molar refractivity (Wildman–Crippen MR) is 130 cm³/mol. The molecule has 10 heteroatoms. The van der Waals surface area contributed by atoms with Crippen LogP contribution in [-0.2, 0) is 5.75 Å². The smallest absolute Gasteiger partial charge is 0.287 e. The number of hydrogen-bond donors (Lipinski definition) is 0. The Hall–Kier alpha value is -3.53. The number of aromatic nitrogens is 1. The van der Waals surface area contributed by atoms with Gasteiger partial charge in [0.15, 0.2) is 11.6 Å². The van der Waals surface area contributed by atoms with E-state index in [2.05, 4.69) is 4.98 Å². The molecule has 1 aromatic heterocycles. The molecule has 36 heavy (non-hydrogen) atoms. The maximum atomic E-state index is 14.0. The van der Waals surface area contributed by atoms with Gasteiger partial charge >= 0.3 is 0 Å². The van der Waals surface area contributed by atoms with Crippen molar-refractivity contribution in [2.45, 2.75) is 54.6 Å². The van der Waals surface area contributed by atoms with E-state index in [0.717, 1.165) is 24.5 Å². The summed E-state index contributed by atoms with van der Waals surface area (Å²) in [5, 5.41) is 11.4. The molecule has 2 saturated heterocycles. The number of piperidine rings is 1. The van der Waals surface area contributed by atoms with E-state index in [4.69, 9.17) is 4.74 Å². The summed E-state index contributed by atoms with van der Waals surface area (Å²) in [6.07, 6.45) is 3.98. The van der Waals surface area contributed by atoms with Crippen LogP contribution in [0.1, 0.15) is 41.6 Å².